The number of fused-ring (bicyclic) bond motifs is 1. The average molecular weight is 352 g/mol. The van der Waals surface area contributed by atoms with Gasteiger partial charge in [0.2, 0.25) is 0 Å². The van der Waals surface area contributed by atoms with Crippen LogP contribution in [0.5, 0.6) is 11.5 Å². The molecule has 0 saturated heterocycles. The first-order valence-electron chi connectivity index (χ1n) is 8.29. The molecule has 0 atom stereocenters. The van der Waals surface area contributed by atoms with E-state index in [-0.39, 0.29) is 11.3 Å². The fraction of sp³-hybridized carbons (Fsp3) is 0.238. The third-order valence-electron chi connectivity index (χ3n) is 4.33. The number of hydrogen-bond donors (Lipinski definition) is 0. The van der Waals surface area contributed by atoms with Crippen LogP contribution in [-0.2, 0) is 0 Å². The highest BCUT2D eigenvalue weighted by Gasteiger charge is 2.18. The van der Waals surface area contributed by atoms with Crippen LogP contribution >= 0.6 is 0 Å². The fourth-order valence-corrected chi connectivity index (χ4v) is 2.78. The third-order valence-corrected chi connectivity index (χ3v) is 4.33. The molecule has 2 aromatic carbocycles. The molecule has 1 heterocycles. The molecule has 0 aliphatic rings. The molecule has 134 valence electrons. The average Bonchev–Trinajstić information content (AvgIpc) is 2.65. The lowest BCUT2D eigenvalue weighted by Gasteiger charge is -2.09. The quantitative estimate of drug-likeness (QED) is 0.509. The zero-order valence-corrected chi connectivity index (χ0v) is 15.2. The summed E-state index contributed by atoms with van der Waals surface area (Å²) in [4.78, 5) is 25.1. The minimum Gasteiger partial charge on any atom is -0.496 e. The largest absolute Gasteiger partial charge is 0.496 e. The van der Waals surface area contributed by atoms with Crippen LogP contribution in [0.1, 0.15) is 41.3 Å². The van der Waals surface area contributed by atoms with Crippen LogP contribution in [-0.4, -0.2) is 20.0 Å². The van der Waals surface area contributed by atoms with Gasteiger partial charge in [0.05, 0.1) is 19.6 Å². The lowest BCUT2D eigenvalue weighted by atomic mass is 9.98. The van der Waals surface area contributed by atoms with E-state index in [0.29, 0.717) is 33.9 Å². The summed E-state index contributed by atoms with van der Waals surface area (Å²) in [6.07, 6.45) is 0. The van der Waals surface area contributed by atoms with Crippen LogP contribution < -0.4 is 15.1 Å². The van der Waals surface area contributed by atoms with Crippen molar-refractivity contribution in [1.82, 2.24) is 0 Å². The van der Waals surface area contributed by atoms with Crippen molar-refractivity contribution in [2.75, 3.05) is 14.2 Å². The first kappa shape index (κ1) is 17.7. The second-order valence-electron chi connectivity index (χ2n) is 6.29. The Bertz CT molecular complexity index is 1010. The van der Waals surface area contributed by atoms with Crippen LogP contribution in [0.3, 0.4) is 0 Å². The molecule has 0 aliphatic heterocycles. The van der Waals surface area contributed by atoms with Crippen LogP contribution in [0.25, 0.3) is 11.0 Å². The summed E-state index contributed by atoms with van der Waals surface area (Å²) in [7, 11) is 3.02. The van der Waals surface area contributed by atoms with E-state index < -0.39 is 5.63 Å². The van der Waals surface area contributed by atoms with E-state index in [0.717, 1.165) is 5.56 Å². The molecule has 3 aromatic rings. The minimum atomic E-state index is -0.689. The van der Waals surface area contributed by atoms with Gasteiger partial charge in [-0.1, -0.05) is 38.1 Å². The van der Waals surface area contributed by atoms with Gasteiger partial charge in [-0.3, -0.25) is 4.79 Å². The summed E-state index contributed by atoms with van der Waals surface area (Å²) in [6.45, 7) is 4.16. The number of ether oxygens (including phenoxy) is 2. The van der Waals surface area contributed by atoms with E-state index in [9.17, 15) is 9.59 Å². The van der Waals surface area contributed by atoms with Gasteiger partial charge in [-0.15, -0.1) is 0 Å². The van der Waals surface area contributed by atoms with Gasteiger partial charge in [-0.05, 0) is 17.5 Å². The predicted octanol–water partition coefficient (Wildman–Crippen LogP) is 4.16. The second-order valence-corrected chi connectivity index (χ2v) is 6.29. The van der Waals surface area contributed by atoms with Gasteiger partial charge < -0.3 is 13.9 Å². The van der Waals surface area contributed by atoms with E-state index in [2.05, 4.69) is 13.8 Å². The van der Waals surface area contributed by atoms with Gasteiger partial charge in [-0.2, -0.15) is 0 Å². The number of ketones is 1. The van der Waals surface area contributed by atoms with Crippen LogP contribution in [0.4, 0.5) is 0 Å². The predicted molar refractivity (Wildman–Crippen MR) is 99.6 cm³/mol. The maximum absolute atomic E-state index is 12.8. The van der Waals surface area contributed by atoms with Gasteiger partial charge in [0.25, 0.3) is 0 Å². The Kier molecular flexibility index (Phi) is 4.80. The monoisotopic (exact) mass is 352 g/mol. The molecule has 0 bridgehead atoms. The zero-order valence-electron chi connectivity index (χ0n) is 15.2. The summed E-state index contributed by atoms with van der Waals surface area (Å²) < 4.78 is 15.9. The van der Waals surface area contributed by atoms with Crippen molar-refractivity contribution in [2.45, 2.75) is 19.8 Å². The van der Waals surface area contributed by atoms with E-state index in [1.54, 1.807) is 24.3 Å². The maximum atomic E-state index is 12.8. The Labute approximate surface area is 151 Å². The lowest BCUT2D eigenvalue weighted by Crippen LogP contribution is -2.15. The van der Waals surface area contributed by atoms with Gasteiger partial charge in [-0.25, -0.2) is 4.79 Å². The zero-order chi connectivity index (χ0) is 18.8. The molecule has 5 nitrogen and oxygen atoms in total. The second kappa shape index (κ2) is 7.04. The standard InChI is InChI=1S/C21H20O5/c1-12(2)13-5-7-14(8-6-13)20(22)17-11-16-18(25-4)9-15(24-3)10-19(16)26-21(17)23/h5-12H,1-4H3. The number of rotatable bonds is 5. The minimum absolute atomic E-state index is 0.0294. The summed E-state index contributed by atoms with van der Waals surface area (Å²) in [5.74, 6) is 0.950. The van der Waals surface area contributed by atoms with Crippen LogP contribution in [0, 0.1) is 0 Å². The maximum Gasteiger partial charge on any atom is 0.347 e. The molecule has 0 N–H and O–H groups in total. The number of benzene rings is 2. The SMILES string of the molecule is COc1cc(OC)c2cc(C(=O)c3ccc(C(C)C)cc3)c(=O)oc2c1. The van der Waals surface area contributed by atoms with E-state index in [1.807, 2.05) is 12.1 Å². The Morgan fingerprint density at radius 1 is 1.00 bits per heavy atom. The molecule has 26 heavy (non-hydrogen) atoms. The lowest BCUT2D eigenvalue weighted by molar-refractivity contribution is 0.103. The van der Waals surface area contributed by atoms with Crippen molar-refractivity contribution in [3.63, 3.8) is 0 Å². The number of carbonyl (C=O) groups is 1. The van der Waals surface area contributed by atoms with Gasteiger partial charge >= 0.3 is 5.63 Å². The van der Waals surface area contributed by atoms with Gasteiger partial charge in [0.1, 0.15) is 22.6 Å². The Balaban J connectivity index is 2.11. The summed E-state index contributed by atoms with van der Waals surface area (Å²) in [6, 6.07) is 12.0. The Hall–Kier alpha value is -3.08. The fourth-order valence-electron chi connectivity index (χ4n) is 2.78. The highest BCUT2D eigenvalue weighted by atomic mass is 16.5. The molecular formula is C21H20O5. The van der Waals surface area contributed by atoms with E-state index in [1.165, 1.54) is 20.3 Å². The molecule has 0 unspecified atom stereocenters. The summed E-state index contributed by atoms with van der Waals surface area (Å²) >= 11 is 0. The molecule has 0 aliphatic carbocycles. The topological polar surface area (TPSA) is 65.7 Å². The van der Waals surface area contributed by atoms with E-state index in [4.69, 9.17) is 13.9 Å². The van der Waals surface area contributed by atoms with Crippen molar-refractivity contribution in [3.05, 3.63) is 69.6 Å². The molecule has 0 amide bonds. The highest BCUT2D eigenvalue weighted by molar-refractivity contribution is 6.10. The number of methoxy groups -OCH3 is 2. The number of carbonyl (C=O) groups excluding carboxylic acids is 1. The summed E-state index contributed by atoms with van der Waals surface area (Å²) in [5.41, 5.74) is 1.15. The Morgan fingerprint density at radius 3 is 2.27 bits per heavy atom. The van der Waals surface area contributed by atoms with Crippen molar-refractivity contribution >= 4 is 16.8 Å². The highest BCUT2D eigenvalue weighted by Crippen LogP contribution is 2.31. The first-order chi connectivity index (χ1) is 12.4. The molecule has 1 aromatic heterocycles. The summed E-state index contributed by atoms with van der Waals surface area (Å²) in [5, 5.41) is 0.537. The molecule has 5 heteroatoms. The molecule has 0 fully saturated rings. The van der Waals surface area contributed by atoms with Crippen molar-refractivity contribution in [1.29, 1.82) is 0 Å². The van der Waals surface area contributed by atoms with Crippen molar-refractivity contribution in [3.8, 4) is 11.5 Å². The molecule has 0 saturated carbocycles. The Morgan fingerprint density at radius 2 is 1.69 bits per heavy atom. The normalized spacial score (nSPS) is 11.0. The third kappa shape index (κ3) is 3.20. The smallest absolute Gasteiger partial charge is 0.347 e. The first-order valence-corrected chi connectivity index (χ1v) is 8.29. The van der Waals surface area contributed by atoms with Gasteiger partial charge in [0, 0.05) is 17.7 Å². The molecule has 3 rings (SSSR count). The van der Waals surface area contributed by atoms with Crippen molar-refractivity contribution < 1.29 is 18.7 Å². The molecular weight excluding hydrogens is 332 g/mol. The van der Waals surface area contributed by atoms with Crippen LogP contribution in [0.15, 0.2) is 51.7 Å². The van der Waals surface area contributed by atoms with Gasteiger partial charge in [0.15, 0.2) is 5.78 Å². The number of hydrogen-bond acceptors (Lipinski definition) is 5. The van der Waals surface area contributed by atoms with Crippen LogP contribution in [0.2, 0.25) is 0 Å². The van der Waals surface area contributed by atoms with Crippen molar-refractivity contribution in [2.24, 2.45) is 0 Å². The van der Waals surface area contributed by atoms with E-state index >= 15 is 0 Å². The molecule has 0 radical (unpaired) electrons. The molecule has 0 spiro atoms.